The Kier molecular flexibility index (Phi) is 2.72. The van der Waals surface area contributed by atoms with Crippen LogP contribution in [0.1, 0.15) is 15.9 Å². The number of nitrogens with zero attached hydrogens (tertiary/aromatic N) is 2. The fourth-order valence-corrected chi connectivity index (χ4v) is 1.97. The molecule has 0 atom stereocenters. The van der Waals surface area contributed by atoms with Gasteiger partial charge in [-0.3, -0.25) is 0 Å². The summed E-state index contributed by atoms with van der Waals surface area (Å²) in [6, 6.07) is 9.62. The molecule has 3 rings (SSSR count). The fourth-order valence-electron chi connectivity index (χ4n) is 1.97. The van der Waals surface area contributed by atoms with Crippen molar-refractivity contribution in [2.45, 2.75) is 13.2 Å². The highest BCUT2D eigenvalue weighted by Gasteiger charge is 2.21. The van der Waals surface area contributed by atoms with Crippen LogP contribution in [0.2, 0.25) is 0 Å². The highest BCUT2D eigenvalue weighted by Crippen LogP contribution is 2.20. The number of nitrogens with one attached hydrogen (secondary N) is 1. The average Bonchev–Trinajstić information content (AvgIpc) is 2.99. The summed E-state index contributed by atoms with van der Waals surface area (Å²) in [5, 5.41) is 7.25. The molecule has 1 N–H and O–H groups in total. The smallest absolute Gasteiger partial charge is 0.343 e. The number of fused-ring (bicyclic) bond motifs is 1. The van der Waals surface area contributed by atoms with E-state index in [1.807, 2.05) is 30.3 Å². The summed E-state index contributed by atoms with van der Waals surface area (Å²) in [6.07, 6.45) is 1.55. The molecule has 2 aromatic rings. The molecule has 1 aromatic heterocycles. The van der Waals surface area contributed by atoms with E-state index in [4.69, 9.17) is 4.74 Å². The molecule has 0 amide bonds. The van der Waals surface area contributed by atoms with Gasteiger partial charge >= 0.3 is 5.97 Å². The van der Waals surface area contributed by atoms with Crippen LogP contribution in [0, 0.1) is 0 Å². The largest absolute Gasteiger partial charge is 0.457 e. The molecule has 5 nitrogen and oxygen atoms in total. The Morgan fingerprint density at radius 3 is 3.06 bits per heavy atom. The summed E-state index contributed by atoms with van der Waals surface area (Å²) in [5.74, 6) is 0.419. The van der Waals surface area contributed by atoms with Gasteiger partial charge in [0, 0.05) is 6.54 Å². The summed E-state index contributed by atoms with van der Waals surface area (Å²) < 4.78 is 7.04. The first-order chi connectivity index (χ1) is 8.84. The number of rotatable bonds is 3. The molecule has 0 radical (unpaired) electrons. The maximum atomic E-state index is 11.9. The van der Waals surface area contributed by atoms with Crippen molar-refractivity contribution in [1.29, 1.82) is 0 Å². The van der Waals surface area contributed by atoms with E-state index in [1.165, 1.54) is 0 Å². The van der Waals surface area contributed by atoms with Gasteiger partial charge in [-0.05, 0) is 5.56 Å². The normalized spacial score (nSPS) is 12.9. The lowest BCUT2D eigenvalue weighted by Crippen LogP contribution is -2.07. The van der Waals surface area contributed by atoms with Crippen LogP contribution >= 0.6 is 0 Å². The maximum Gasteiger partial charge on any atom is 0.343 e. The number of esters is 1. The topological polar surface area (TPSA) is 56.1 Å². The zero-order chi connectivity index (χ0) is 12.4. The second-order valence-electron chi connectivity index (χ2n) is 4.12. The SMILES string of the molecule is O=C(OCc1ccccc1)c1cnn2c1NCC2. The van der Waals surface area contributed by atoms with Crippen LogP contribution in [0.15, 0.2) is 36.5 Å². The van der Waals surface area contributed by atoms with E-state index in [2.05, 4.69) is 10.4 Å². The quantitative estimate of drug-likeness (QED) is 0.833. The van der Waals surface area contributed by atoms with E-state index < -0.39 is 0 Å². The van der Waals surface area contributed by atoms with Crippen molar-refractivity contribution < 1.29 is 9.53 Å². The van der Waals surface area contributed by atoms with Gasteiger partial charge in [0.05, 0.1) is 12.7 Å². The van der Waals surface area contributed by atoms with Gasteiger partial charge in [-0.25, -0.2) is 9.48 Å². The predicted molar refractivity (Wildman–Crippen MR) is 66.3 cm³/mol. The van der Waals surface area contributed by atoms with Crippen molar-refractivity contribution in [3.8, 4) is 0 Å². The fraction of sp³-hybridized carbons (Fsp3) is 0.231. The Morgan fingerprint density at radius 2 is 2.22 bits per heavy atom. The molecule has 0 unspecified atom stereocenters. The first kappa shape index (κ1) is 10.8. The third kappa shape index (κ3) is 1.95. The van der Waals surface area contributed by atoms with Crippen LogP contribution in [-0.4, -0.2) is 22.3 Å². The molecular formula is C13H13N3O2. The lowest BCUT2D eigenvalue weighted by molar-refractivity contribution is 0.0474. The summed E-state index contributed by atoms with van der Waals surface area (Å²) in [6.45, 7) is 1.88. The number of anilines is 1. The molecule has 1 aliphatic rings. The van der Waals surface area contributed by atoms with Crippen molar-refractivity contribution in [1.82, 2.24) is 9.78 Å². The molecule has 1 aromatic carbocycles. The number of benzene rings is 1. The Bertz CT molecular complexity index is 563. The van der Waals surface area contributed by atoms with E-state index in [-0.39, 0.29) is 12.6 Å². The van der Waals surface area contributed by atoms with E-state index >= 15 is 0 Å². The minimum atomic E-state index is -0.338. The third-order valence-electron chi connectivity index (χ3n) is 2.89. The van der Waals surface area contributed by atoms with Gasteiger partial charge in [-0.2, -0.15) is 5.10 Å². The number of hydrogen-bond acceptors (Lipinski definition) is 4. The van der Waals surface area contributed by atoms with Crippen LogP contribution in [0.3, 0.4) is 0 Å². The van der Waals surface area contributed by atoms with Crippen LogP contribution in [-0.2, 0) is 17.9 Å². The Morgan fingerprint density at radius 1 is 1.39 bits per heavy atom. The standard InChI is InChI=1S/C13H13N3O2/c17-13(18-9-10-4-2-1-3-5-10)11-8-15-16-7-6-14-12(11)16/h1-5,8,14H,6-7,9H2. The average molecular weight is 243 g/mol. The van der Waals surface area contributed by atoms with Gasteiger partial charge in [-0.1, -0.05) is 30.3 Å². The first-order valence-corrected chi connectivity index (χ1v) is 5.85. The molecule has 92 valence electrons. The van der Waals surface area contributed by atoms with Gasteiger partial charge in [0.2, 0.25) is 0 Å². The number of carbonyl (C=O) groups excluding carboxylic acids is 1. The van der Waals surface area contributed by atoms with Crippen LogP contribution < -0.4 is 5.32 Å². The number of hydrogen-bond donors (Lipinski definition) is 1. The van der Waals surface area contributed by atoms with Crippen molar-refractivity contribution in [2.24, 2.45) is 0 Å². The Hall–Kier alpha value is -2.30. The molecule has 0 saturated heterocycles. The highest BCUT2D eigenvalue weighted by molar-refractivity contribution is 5.94. The van der Waals surface area contributed by atoms with Crippen molar-refractivity contribution in [3.63, 3.8) is 0 Å². The predicted octanol–water partition coefficient (Wildman–Crippen LogP) is 1.67. The zero-order valence-electron chi connectivity index (χ0n) is 9.80. The molecule has 0 fully saturated rings. The summed E-state index contributed by atoms with van der Waals surface area (Å²) in [4.78, 5) is 11.9. The number of aromatic nitrogens is 2. The zero-order valence-corrected chi connectivity index (χ0v) is 9.80. The summed E-state index contributed by atoms with van der Waals surface area (Å²) in [5.41, 5.74) is 1.48. The monoisotopic (exact) mass is 243 g/mol. The first-order valence-electron chi connectivity index (χ1n) is 5.85. The summed E-state index contributed by atoms with van der Waals surface area (Å²) >= 11 is 0. The molecule has 0 aliphatic carbocycles. The number of ether oxygens (including phenoxy) is 1. The molecule has 1 aliphatic heterocycles. The van der Waals surface area contributed by atoms with Crippen LogP contribution in [0.25, 0.3) is 0 Å². The second kappa shape index (κ2) is 4.52. The molecule has 2 heterocycles. The molecule has 0 saturated carbocycles. The van der Waals surface area contributed by atoms with Gasteiger partial charge in [0.1, 0.15) is 18.0 Å². The molecule has 18 heavy (non-hydrogen) atoms. The lowest BCUT2D eigenvalue weighted by Gasteiger charge is -2.04. The van der Waals surface area contributed by atoms with Crippen molar-refractivity contribution >= 4 is 11.8 Å². The Balaban J connectivity index is 1.68. The van der Waals surface area contributed by atoms with Crippen LogP contribution in [0.4, 0.5) is 5.82 Å². The van der Waals surface area contributed by atoms with E-state index in [1.54, 1.807) is 10.9 Å². The van der Waals surface area contributed by atoms with E-state index in [0.717, 1.165) is 24.5 Å². The molecule has 0 bridgehead atoms. The third-order valence-corrected chi connectivity index (χ3v) is 2.89. The van der Waals surface area contributed by atoms with Gasteiger partial charge in [0.25, 0.3) is 0 Å². The second-order valence-corrected chi connectivity index (χ2v) is 4.12. The Labute approximate surface area is 104 Å². The molecule has 5 heteroatoms. The van der Waals surface area contributed by atoms with Crippen molar-refractivity contribution in [2.75, 3.05) is 11.9 Å². The van der Waals surface area contributed by atoms with E-state index in [9.17, 15) is 4.79 Å². The van der Waals surface area contributed by atoms with Crippen LogP contribution in [0.5, 0.6) is 0 Å². The maximum absolute atomic E-state index is 11.9. The minimum absolute atomic E-state index is 0.282. The van der Waals surface area contributed by atoms with Gasteiger partial charge < -0.3 is 10.1 Å². The van der Waals surface area contributed by atoms with Gasteiger partial charge in [0.15, 0.2) is 0 Å². The minimum Gasteiger partial charge on any atom is -0.457 e. The number of carbonyl (C=O) groups is 1. The van der Waals surface area contributed by atoms with Gasteiger partial charge in [-0.15, -0.1) is 0 Å². The summed E-state index contributed by atoms with van der Waals surface area (Å²) in [7, 11) is 0. The highest BCUT2D eigenvalue weighted by atomic mass is 16.5. The van der Waals surface area contributed by atoms with E-state index in [0.29, 0.717) is 5.56 Å². The molecular weight excluding hydrogens is 230 g/mol. The lowest BCUT2D eigenvalue weighted by atomic mass is 10.2. The van der Waals surface area contributed by atoms with Crippen molar-refractivity contribution in [3.05, 3.63) is 47.7 Å². The molecule has 0 spiro atoms.